The molecule has 34 heavy (non-hydrogen) atoms. The number of nitrogens with one attached hydrogen (secondary N) is 2. The Balaban J connectivity index is 1.51. The summed E-state index contributed by atoms with van der Waals surface area (Å²) in [6.45, 7) is 5.61. The summed E-state index contributed by atoms with van der Waals surface area (Å²) in [5, 5.41) is 16.1. The van der Waals surface area contributed by atoms with Crippen molar-refractivity contribution in [3.05, 3.63) is 51.7 Å². The number of likely N-dealkylation sites (tertiary alicyclic amines) is 1. The van der Waals surface area contributed by atoms with Gasteiger partial charge in [-0.3, -0.25) is 24.2 Å². The Labute approximate surface area is 198 Å². The number of rotatable bonds is 7. The van der Waals surface area contributed by atoms with Crippen LogP contribution < -0.4 is 10.3 Å². The molecule has 3 aromatic heterocycles. The van der Waals surface area contributed by atoms with Gasteiger partial charge in [0.05, 0.1) is 34.6 Å². The number of piperidine rings is 1. The van der Waals surface area contributed by atoms with E-state index in [1.165, 1.54) is 23.9 Å². The molecule has 0 amide bonds. The van der Waals surface area contributed by atoms with Gasteiger partial charge in [0.2, 0.25) is 5.88 Å². The van der Waals surface area contributed by atoms with E-state index in [0.717, 1.165) is 53.1 Å². The van der Waals surface area contributed by atoms with Gasteiger partial charge in [-0.1, -0.05) is 12.5 Å². The van der Waals surface area contributed by atoms with Gasteiger partial charge in [-0.2, -0.15) is 5.10 Å². The average molecular weight is 462 g/mol. The summed E-state index contributed by atoms with van der Waals surface area (Å²) in [6, 6.07) is 5.86. The van der Waals surface area contributed by atoms with E-state index >= 15 is 0 Å². The van der Waals surface area contributed by atoms with Gasteiger partial charge < -0.3 is 9.84 Å². The summed E-state index contributed by atoms with van der Waals surface area (Å²) in [5.74, 6) is 0.647. The van der Waals surface area contributed by atoms with Crippen LogP contribution in [0.3, 0.4) is 0 Å². The molecule has 0 saturated carbocycles. The summed E-state index contributed by atoms with van der Waals surface area (Å²) < 4.78 is 9.27. The first-order valence-corrected chi connectivity index (χ1v) is 11.9. The van der Waals surface area contributed by atoms with Crippen LogP contribution in [0.15, 0.2) is 29.2 Å². The van der Waals surface area contributed by atoms with E-state index < -0.39 is 0 Å². The van der Waals surface area contributed by atoms with E-state index in [4.69, 9.17) is 4.74 Å². The maximum Gasteiger partial charge on any atom is 0.274 e. The molecule has 0 spiro atoms. The lowest BCUT2D eigenvalue weighted by Gasteiger charge is -2.26. The molecule has 5 rings (SSSR count). The van der Waals surface area contributed by atoms with Crippen LogP contribution in [0.25, 0.3) is 34.2 Å². The number of ether oxygens (including phenoxy) is 1. The summed E-state index contributed by atoms with van der Waals surface area (Å²) in [7, 11) is 3.69. The lowest BCUT2D eigenvalue weighted by atomic mass is 10.1. The fraction of sp³-hybridized carbons (Fsp3) is 0.400. The number of hydrogen-bond acceptors (Lipinski definition) is 5. The summed E-state index contributed by atoms with van der Waals surface area (Å²) in [6.07, 6.45) is 9.61. The zero-order valence-corrected chi connectivity index (χ0v) is 20.0. The van der Waals surface area contributed by atoms with Gasteiger partial charge in [0.15, 0.2) is 0 Å². The first-order chi connectivity index (χ1) is 16.5. The second-order valence-corrected chi connectivity index (χ2v) is 8.81. The third-order valence-corrected chi connectivity index (χ3v) is 6.52. The molecule has 0 aliphatic carbocycles. The minimum Gasteiger partial charge on any atom is -0.476 e. The Morgan fingerprint density at radius 3 is 2.71 bits per heavy atom. The fourth-order valence-corrected chi connectivity index (χ4v) is 4.64. The van der Waals surface area contributed by atoms with Gasteiger partial charge in [-0.05, 0) is 62.7 Å². The van der Waals surface area contributed by atoms with E-state index in [2.05, 4.69) is 31.4 Å². The summed E-state index contributed by atoms with van der Waals surface area (Å²) >= 11 is 0. The van der Waals surface area contributed by atoms with Crippen molar-refractivity contribution >= 4 is 23.1 Å². The predicted octanol–water partition coefficient (Wildman–Crippen LogP) is 3.55. The van der Waals surface area contributed by atoms with E-state index in [-0.39, 0.29) is 5.56 Å². The first kappa shape index (κ1) is 22.2. The highest BCUT2D eigenvalue weighted by Gasteiger charge is 2.19. The van der Waals surface area contributed by atoms with Crippen molar-refractivity contribution in [3.63, 3.8) is 0 Å². The fourth-order valence-electron chi connectivity index (χ4n) is 4.64. The quantitative estimate of drug-likeness (QED) is 0.439. The second kappa shape index (κ2) is 9.34. The van der Waals surface area contributed by atoms with Crippen molar-refractivity contribution in [3.8, 4) is 17.0 Å². The Hall–Kier alpha value is -3.59. The molecule has 1 saturated heterocycles. The average Bonchev–Trinajstić information content (AvgIpc) is 3.49. The molecule has 4 aromatic rings. The molecule has 1 aliphatic heterocycles. The number of nitrogens with zero attached hydrogens (tertiary/aromatic N) is 5. The molecule has 0 bridgehead atoms. The monoisotopic (exact) mass is 461 g/mol. The molecule has 1 aliphatic rings. The topological polar surface area (TPSA) is 96.8 Å². The lowest BCUT2D eigenvalue weighted by Crippen LogP contribution is -2.30. The zero-order valence-electron chi connectivity index (χ0n) is 20.0. The molecule has 1 fully saturated rings. The maximum atomic E-state index is 12.4. The van der Waals surface area contributed by atoms with Gasteiger partial charge in [-0.25, -0.2) is 0 Å². The first-order valence-electron chi connectivity index (χ1n) is 11.9. The molecular weight excluding hydrogens is 430 g/mol. The second-order valence-electron chi connectivity index (χ2n) is 8.81. The van der Waals surface area contributed by atoms with Gasteiger partial charge in [0, 0.05) is 32.2 Å². The number of aromatic amines is 2. The van der Waals surface area contributed by atoms with Crippen molar-refractivity contribution in [2.45, 2.75) is 32.7 Å². The van der Waals surface area contributed by atoms with Gasteiger partial charge in [0.25, 0.3) is 5.56 Å². The van der Waals surface area contributed by atoms with Crippen molar-refractivity contribution in [2.24, 2.45) is 14.1 Å². The standard InChI is InChI=1S/C25H31N7O2/c1-4-34-24-18(23(30(2)29-24)16-32-12-6-5-7-13-32)9-11-22-19-14-17(8-10-21(19)27-28-22)20-15-26-31(3)25(20)33/h8-11,14-15,26H,4-7,12-13,16H2,1-3H3,(H,27,28)/b11-9+. The van der Waals surface area contributed by atoms with Crippen LogP contribution in [-0.4, -0.2) is 54.4 Å². The minimum atomic E-state index is -0.0565. The van der Waals surface area contributed by atoms with Crippen molar-refractivity contribution in [1.29, 1.82) is 0 Å². The van der Waals surface area contributed by atoms with Crippen molar-refractivity contribution in [1.82, 2.24) is 34.7 Å². The normalized spacial score (nSPS) is 15.0. The van der Waals surface area contributed by atoms with E-state index in [0.29, 0.717) is 18.1 Å². The maximum absolute atomic E-state index is 12.4. The minimum absolute atomic E-state index is 0.0565. The molecule has 1 aromatic carbocycles. The van der Waals surface area contributed by atoms with Gasteiger partial charge in [-0.15, -0.1) is 5.10 Å². The largest absolute Gasteiger partial charge is 0.476 e. The molecule has 178 valence electrons. The Morgan fingerprint density at radius 1 is 1.15 bits per heavy atom. The summed E-state index contributed by atoms with van der Waals surface area (Å²) in [5.41, 5.74) is 5.29. The molecule has 2 N–H and O–H groups in total. The Morgan fingerprint density at radius 2 is 1.97 bits per heavy atom. The molecule has 4 heterocycles. The number of hydrogen-bond donors (Lipinski definition) is 2. The van der Waals surface area contributed by atoms with E-state index in [9.17, 15) is 4.79 Å². The van der Waals surface area contributed by atoms with Crippen LogP contribution >= 0.6 is 0 Å². The molecule has 0 unspecified atom stereocenters. The number of H-pyrrole nitrogens is 2. The number of fused-ring (bicyclic) bond motifs is 1. The zero-order chi connectivity index (χ0) is 23.7. The molecule has 9 heteroatoms. The Kier molecular flexibility index (Phi) is 6.10. The smallest absolute Gasteiger partial charge is 0.274 e. The Bertz CT molecular complexity index is 1380. The van der Waals surface area contributed by atoms with Crippen molar-refractivity contribution < 1.29 is 4.74 Å². The molecule has 9 nitrogen and oxygen atoms in total. The van der Waals surface area contributed by atoms with Crippen LogP contribution in [-0.2, 0) is 20.6 Å². The van der Waals surface area contributed by atoms with Gasteiger partial charge in [0.1, 0.15) is 0 Å². The van der Waals surface area contributed by atoms with E-state index in [1.54, 1.807) is 13.2 Å². The highest BCUT2D eigenvalue weighted by molar-refractivity contribution is 5.92. The summed E-state index contributed by atoms with van der Waals surface area (Å²) in [4.78, 5) is 14.9. The van der Waals surface area contributed by atoms with Crippen LogP contribution in [0.1, 0.15) is 43.1 Å². The number of benzene rings is 1. The molecule has 0 radical (unpaired) electrons. The highest BCUT2D eigenvalue weighted by atomic mass is 16.5. The van der Waals surface area contributed by atoms with Crippen LogP contribution in [0, 0.1) is 0 Å². The van der Waals surface area contributed by atoms with Crippen LogP contribution in [0.5, 0.6) is 5.88 Å². The predicted molar refractivity (Wildman–Crippen MR) is 134 cm³/mol. The van der Waals surface area contributed by atoms with Crippen LogP contribution in [0.2, 0.25) is 0 Å². The van der Waals surface area contributed by atoms with Crippen molar-refractivity contribution in [2.75, 3.05) is 19.7 Å². The highest BCUT2D eigenvalue weighted by Crippen LogP contribution is 2.28. The van der Waals surface area contributed by atoms with Gasteiger partial charge >= 0.3 is 0 Å². The van der Waals surface area contributed by atoms with E-state index in [1.807, 2.05) is 42.9 Å². The van der Waals surface area contributed by atoms with Crippen LogP contribution in [0.4, 0.5) is 0 Å². The third kappa shape index (κ3) is 4.19. The lowest BCUT2D eigenvalue weighted by molar-refractivity contribution is 0.215. The SMILES string of the molecule is CCOc1nn(C)c(CN2CCCCC2)c1/C=C/c1[nH]nc2ccc(-c3c[nH]n(C)c3=O)cc12. The molecule has 0 atom stereocenters. The third-order valence-electron chi connectivity index (χ3n) is 6.52. The molecular formula is C25H31N7O2. The number of aryl methyl sites for hydroxylation is 2. The number of aromatic nitrogens is 6.